The van der Waals surface area contributed by atoms with E-state index in [2.05, 4.69) is 0 Å². The molecule has 0 radical (unpaired) electrons. The molecule has 0 aliphatic carbocycles. The maximum absolute atomic E-state index is 9.94. The van der Waals surface area contributed by atoms with Crippen molar-refractivity contribution < 1.29 is 60.5 Å². The third-order valence-electron chi connectivity index (χ3n) is 3.98. The van der Waals surface area contributed by atoms with Crippen LogP contribution in [0.3, 0.4) is 0 Å². The van der Waals surface area contributed by atoms with Crippen LogP contribution >= 0.6 is 0 Å². The van der Waals surface area contributed by atoms with Gasteiger partial charge in [0.05, 0.1) is 13.2 Å². The van der Waals surface area contributed by atoms with Gasteiger partial charge in [-0.2, -0.15) is 0 Å². The summed E-state index contributed by atoms with van der Waals surface area (Å²) < 4.78 is 15.3. The van der Waals surface area contributed by atoms with E-state index in [0.29, 0.717) is 0 Å². The van der Waals surface area contributed by atoms with Crippen LogP contribution in [0.4, 0.5) is 0 Å². The molecular weight excluding hydrogens is 336 g/mol. The fourth-order valence-corrected chi connectivity index (χ4v) is 2.57. The van der Waals surface area contributed by atoms with Crippen LogP contribution in [0.25, 0.3) is 0 Å². The Balaban J connectivity index is 0.00000288. The summed E-state index contributed by atoms with van der Waals surface area (Å²) >= 11 is 0. The zero-order valence-corrected chi connectivity index (χ0v) is 12.5. The van der Waals surface area contributed by atoms with Gasteiger partial charge in [0.25, 0.3) is 0 Å². The summed E-state index contributed by atoms with van der Waals surface area (Å²) in [5.74, 6) is 0. The molecule has 2 aliphatic rings. The number of aliphatic hydroxyl groups is 8. The van der Waals surface area contributed by atoms with Crippen LogP contribution in [-0.2, 0) is 14.2 Å². The van der Waals surface area contributed by atoms with E-state index in [9.17, 15) is 35.7 Å². The third-order valence-corrected chi connectivity index (χ3v) is 3.98. The molecule has 1 unspecified atom stereocenters. The summed E-state index contributed by atoms with van der Waals surface area (Å²) in [5.41, 5.74) is 0. The summed E-state index contributed by atoms with van der Waals surface area (Å²) in [6, 6.07) is 0. The lowest BCUT2D eigenvalue weighted by Gasteiger charge is -2.45. The fraction of sp³-hybridized carbons (Fsp3) is 1.00. The van der Waals surface area contributed by atoms with Crippen molar-refractivity contribution in [2.24, 2.45) is 0 Å². The molecule has 0 aromatic heterocycles. The molecule has 10 N–H and O–H groups in total. The maximum Gasteiger partial charge on any atom is 0.187 e. The average molecular weight is 360 g/mol. The molecule has 24 heavy (non-hydrogen) atoms. The molecule has 0 bridgehead atoms. The van der Waals surface area contributed by atoms with Crippen molar-refractivity contribution in [3.63, 3.8) is 0 Å². The van der Waals surface area contributed by atoms with E-state index in [1.807, 2.05) is 0 Å². The molecule has 0 spiro atoms. The van der Waals surface area contributed by atoms with Crippen LogP contribution in [0.5, 0.6) is 0 Å². The molecule has 144 valence electrons. The van der Waals surface area contributed by atoms with E-state index in [1.54, 1.807) is 0 Å². The summed E-state index contributed by atoms with van der Waals surface area (Å²) in [5, 5.41) is 76.5. The van der Waals surface area contributed by atoms with Gasteiger partial charge in [-0.15, -0.1) is 0 Å². The van der Waals surface area contributed by atoms with Crippen LogP contribution in [0.2, 0.25) is 0 Å². The molecular formula is C12H24O12. The number of hydrogen-bond donors (Lipinski definition) is 8. The quantitative estimate of drug-likeness (QED) is 0.235. The Kier molecular flexibility index (Phi) is 7.86. The maximum atomic E-state index is 9.94. The number of aliphatic hydroxyl groups excluding tert-OH is 8. The second kappa shape index (κ2) is 8.75. The Morgan fingerprint density at radius 2 is 1.25 bits per heavy atom. The summed E-state index contributed by atoms with van der Waals surface area (Å²) in [4.78, 5) is 0. The Labute approximate surface area is 136 Å². The first-order valence-electron chi connectivity index (χ1n) is 7.08. The molecule has 2 aliphatic heterocycles. The fourth-order valence-electron chi connectivity index (χ4n) is 2.57. The zero-order valence-electron chi connectivity index (χ0n) is 12.5. The van der Waals surface area contributed by atoms with Gasteiger partial charge in [0.2, 0.25) is 0 Å². The predicted molar refractivity (Wildman–Crippen MR) is 72.2 cm³/mol. The minimum Gasteiger partial charge on any atom is -0.412 e. The molecule has 2 saturated heterocycles. The SMILES string of the molecule is O.OC[C@H]1OC(O[C@H]2[C@H](O)[C@@H](O)[C@H](O)O[C@@H]2CO)[C@H](O)[C@@H](O)[C@@H]1O. The first-order chi connectivity index (χ1) is 10.8. The largest absolute Gasteiger partial charge is 0.412 e. The Morgan fingerprint density at radius 3 is 1.79 bits per heavy atom. The topological polar surface area (TPSA) is 221 Å². The summed E-state index contributed by atoms with van der Waals surface area (Å²) in [7, 11) is 0. The molecule has 0 aromatic carbocycles. The van der Waals surface area contributed by atoms with Gasteiger partial charge in [-0.1, -0.05) is 0 Å². The van der Waals surface area contributed by atoms with Crippen molar-refractivity contribution in [2.45, 2.75) is 61.4 Å². The van der Waals surface area contributed by atoms with Gasteiger partial charge >= 0.3 is 0 Å². The molecule has 12 nitrogen and oxygen atoms in total. The normalized spacial score (nSPS) is 49.5. The van der Waals surface area contributed by atoms with E-state index in [1.165, 1.54) is 0 Å². The Morgan fingerprint density at radius 1 is 0.667 bits per heavy atom. The number of rotatable bonds is 4. The highest BCUT2D eigenvalue weighted by molar-refractivity contribution is 4.93. The van der Waals surface area contributed by atoms with Gasteiger partial charge in [-0.3, -0.25) is 0 Å². The highest BCUT2D eigenvalue weighted by atomic mass is 16.7. The van der Waals surface area contributed by atoms with Crippen LogP contribution < -0.4 is 0 Å². The molecule has 0 aromatic rings. The molecule has 0 saturated carbocycles. The van der Waals surface area contributed by atoms with Gasteiger partial charge in [0, 0.05) is 0 Å². The molecule has 0 amide bonds. The third kappa shape index (κ3) is 4.01. The van der Waals surface area contributed by atoms with Crippen molar-refractivity contribution in [3.05, 3.63) is 0 Å². The standard InChI is InChI=1S/C12H22O11.H2O/c13-1-3-5(15)6(16)9(19)12(22-3)23-10-4(2-14)21-11(20)8(18)7(10)17;/h3-20H,1-2H2;1H2/t3-,4-,5-,6+,7-,8-,9-,10-,11-,12?;/m1./s1. The number of ether oxygens (including phenoxy) is 3. The summed E-state index contributed by atoms with van der Waals surface area (Å²) in [6.07, 6.45) is -15.6. The molecule has 10 atom stereocenters. The highest BCUT2D eigenvalue weighted by Crippen LogP contribution is 2.28. The Hall–Kier alpha value is -0.480. The van der Waals surface area contributed by atoms with E-state index in [4.69, 9.17) is 19.3 Å². The van der Waals surface area contributed by atoms with Crippen molar-refractivity contribution in [1.82, 2.24) is 0 Å². The molecule has 12 heteroatoms. The first kappa shape index (κ1) is 21.6. The van der Waals surface area contributed by atoms with E-state index < -0.39 is 74.6 Å². The minimum absolute atomic E-state index is 0. The first-order valence-corrected chi connectivity index (χ1v) is 7.08. The highest BCUT2D eigenvalue weighted by Gasteiger charge is 2.50. The van der Waals surface area contributed by atoms with Crippen molar-refractivity contribution in [2.75, 3.05) is 13.2 Å². The monoisotopic (exact) mass is 360 g/mol. The van der Waals surface area contributed by atoms with Gasteiger partial charge in [0.15, 0.2) is 12.6 Å². The second-order valence-corrected chi connectivity index (χ2v) is 5.53. The predicted octanol–water partition coefficient (Wildman–Crippen LogP) is -6.22. The van der Waals surface area contributed by atoms with Crippen LogP contribution in [0, 0.1) is 0 Å². The Bertz CT molecular complexity index is 379. The summed E-state index contributed by atoms with van der Waals surface area (Å²) in [6.45, 7) is -1.35. The smallest absolute Gasteiger partial charge is 0.187 e. The van der Waals surface area contributed by atoms with Gasteiger partial charge in [-0.05, 0) is 0 Å². The molecule has 2 fully saturated rings. The van der Waals surface area contributed by atoms with Crippen LogP contribution in [0.15, 0.2) is 0 Å². The lowest BCUT2D eigenvalue weighted by atomic mass is 9.97. The van der Waals surface area contributed by atoms with Crippen LogP contribution in [-0.4, -0.2) is 121 Å². The van der Waals surface area contributed by atoms with E-state index in [-0.39, 0.29) is 5.48 Å². The van der Waals surface area contributed by atoms with E-state index >= 15 is 0 Å². The molecule has 2 rings (SSSR count). The van der Waals surface area contributed by atoms with Gasteiger partial charge < -0.3 is 60.5 Å². The van der Waals surface area contributed by atoms with Crippen molar-refractivity contribution >= 4 is 0 Å². The minimum atomic E-state index is -1.74. The van der Waals surface area contributed by atoms with Gasteiger partial charge in [0.1, 0.15) is 48.8 Å². The van der Waals surface area contributed by atoms with E-state index in [0.717, 1.165) is 0 Å². The van der Waals surface area contributed by atoms with Crippen molar-refractivity contribution in [1.29, 1.82) is 0 Å². The lowest BCUT2D eigenvalue weighted by molar-refractivity contribution is -0.355. The second-order valence-electron chi connectivity index (χ2n) is 5.53. The van der Waals surface area contributed by atoms with Crippen LogP contribution in [0.1, 0.15) is 0 Å². The lowest BCUT2D eigenvalue weighted by Crippen LogP contribution is -2.64. The molecule has 2 heterocycles. The number of hydrogen-bond acceptors (Lipinski definition) is 11. The van der Waals surface area contributed by atoms with Gasteiger partial charge in [-0.25, -0.2) is 0 Å². The average Bonchev–Trinajstić information content (AvgIpc) is 2.55. The van der Waals surface area contributed by atoms with Crippen molar-refractivity contribution in [3.8, 4) is 0 Å². The zero-order chi connectivity index (χ0) is 17.3.